The van der Waals surface area contributed by atoms with E-state index in [0.717, 1.165) is 0 Å². The molecule has 1 aromatic rings. The van der Waals surface area contributed by atoms with Crippen LogP contribution in [0.4, 0.5) is 0 Å². The number of esters is 1. The highest BCUT2D eigenvalue weighted by Crippen LogP contribution is 2.56. The van der Waals surface area contributed by atoms with Gasteiger partial charge in [0.25, 0.3) is 5.78 Å². The van der Waals surface area contributed by atoms with Crippen molar-refractivity contribution in [1.82, 2.24) is 0 Å². The lowest BCUT2D eigenvalue weighted by Crippen LogP contribution is -2.63. The van der Waals surface area contributed by atoms with Gasteiger partial charge in [-0.3, -0.25) is 14.4 Å². The van der Waals surface area contributed by atoms with Crippen molar-refractivity contribution in [3.05, 3.63) is 46.7 Å². The van der Waals surface area contributed by atoms with Gasteiger partial charge in [0.2, 0.25) is 12.6 Å². The fourth-order valence-corrected chi connectivity index (χ4v) is 6.57. The first kappa shape index (κ1) is 26.6. The van der Waals surface area contributed by atoms with Gasteiger partial charge in [-0.2, -0.15) is 0 Å². The zero-order valence-electron chi connectivity index (χ0n) is 22.1. The molecule has 10 atom stereocenters. The fraction of sp³-hybridized carbons (Fsp3) is 0.536. The Kier molecular flexibility index (Phi) is 6.41. The summed E-state index contributed by atoms with van der Waals surface area (Å²) in [7, 11) is 1.29. The molecule has 0 bridgehead atoms. The predicted molar refractivity (Wildman–Crippen MR) is 131 cm³/mol. The van der Waals surface area contributed by atoms with Crippen molar-refractivity contribution in [3.8, 4) is 11.5 Å². The van der Waals surface area contributed by atoms with Crippen LogP contribution in [-0.2, 0) is 42.8 Å². The van der Waals surface area contributed by atoms with Gasteiger partial charge in [-0.25, -0.2) is 0 Å². The van der Waals surface area contributed by atoms with E-state index in [1.807, 2.05) is 0 Å². The summed E-state index contributed by atoms with van der Waals surface area (Å²) in [6.07, 6.45) is -4.35. The van der Waals surface area contributed by atoms with Crippen molar-refractivity contribution in [2.75, 3.05) is 27.1 Å². The van der Waals surface area contributed by atoms with Crippen LogP contribution in [0.5, 0.6) is 11.5 Å². The van der Waals surface area contributed by atoms with Crippen molar-refractivity contribution in [2.24, 2.45) is 11.8 Å². The largest absolute Gasteiger partial charge is 0.492 e. The molecule has 4 heterocycles. The van der Waals surface area contributed by atoms with Crippen LogP contribution in [0.1, 0.15) is 30.1 Å². The zero-order valence-corrected chi connectivity index (χ0v) is 22.1. The summed E-state index contributed by atoms with van der Waals surface area (Å²) in [5.74, 6) is -3.43. The Hall–Kier alpha value is -3.33. The normalized spacial score (nSPS) is 39.3. The number of Topliss-reactive ketones (excluding diaryl/α,β-unsaturated/α-hetero) is 1. The number of aliphatic hydroxyl groups is 2. The third-order valence-corrected chi connectivity index (χ3v) is 8.51. The molecule has 0 spiro atoms. The number of aliphatic hydroxyl groups excluding tert-OH is 2. The number of ketones is 2. The van der Waals surface area contributed by atoms with Crippen LogP contribution in [-0.4, -0.2) is 91.9 Å². The van der Waals surface area contributed by atoms with Crippen LogP contribution in [0.2, 0.25) is 0 Å². The van der Waals surface area contributed by atoms with Crippen LogP contribution in [0.25, 0.3) is 0 Å². The van der Waals surface area contributed by atoms with Crippen LogP contribution in [0, 0.1) is 11.8 Å². The number of carbonyl (C=O) groups is 3. The Bertz CT molecular complexity index is 1360. The number of methoxy groups -OCH3 is 1. The molecule has 41 heavy (non-hydrogen) atoms. The molecule has 0 radical (unpaired) electrons. The highest BCUT2D eigenvalue weighted by Gasteiger charge is 2.56. The first-order valence-corrected chi connectivity index (χ1v) is 13.3. The lowest BCUT2D eigenvalue weighted by Gasteiger charge is -2.47. The molecule has 2 aliphatic carbocycles. The second-order valence-electron chi connectivity index (χ2n) is 10.8. The monoisotopic (exact) mass is 572 g/mol. The lowest BCUT2D eigenvalue weighted by molar-refractivity contribution is -0.364. The maximum atomic E-state index is 13.3. The number of cyclic esters (lactones) is 1. The van der Waals surface area contributed by atoms with E-state index < -0.39 is 78.4 Å². The van der Waals surface area contributed by atoms with Gasteiger partial charge in [-0.15, -0.1) is 0 Å². The summed E-state index contributed by atoms with van der Waals surface area (Å²) < 4.78 is 45.5. The van der Waals surface area contributed by atoms with Gasteiger partial charge < -0.3 is 48.1 Å². The molecule has 3 fully saturated rings. The van der Waals surface area contributed by atoms with E-state index in [2.05, 4.69) is 0 Å². The molecule has 0 amide bonds. The average Bonchev–Trinajstić information content (AvgIpc) is 3.58. The summed E-state index contributed by atoms with van der Waals surface area (Å²) >= 11 is 0. The van der Waals surface area contributed by atoms with Gasteiger partial charge in [-0.1, -0.05) is 0 Å². The molecule has 0 saturated carbocycles. The van der Waals surface area contributed by atoms with E-state index in [4.69, 9.17) is 37.9 Å². The van der Waals surface area contributed by atoms with Crippen LogP contribution in [0.3, 0.4) is 0 Å². The van der Waals surface area contributed by atoms with Crippen molar-refractivity contribution in [3.63, 3.8) is 0 Å². The van der Waals surface area contributed by atoms with E-state index in [9.17, 15) is 24.6 Å². The predicted octanol–water partition coefficient (Wildman–Crippen LogP) is 0.176. The Labute approximate surface area is 233 Å². The van der Waals surface area contributed by atoms with Gasteiger partial charge in [0.05, 0.1) is 32.3 Å². The number of ether oxygens (including phenoxy) is 8. The minimum Gasteiger partial charge on any atom is -0.492 e. The molecule has 3 saturated heterocycles. The number of benzene rings is 1. The first-order valence-electron chi connectivity index (χ1n) is 13.3. The molecule has 218 valence electrons. The van der Waals surface area contributed by atoms with Gasteiger partial charge in [0.1, 0.15) is 24.4 Å². The second-order valence-corrected chi connectivity index (χ2v) is 10.8. The van der Waals surface area contributed by atoms with Gasteiger partial charge >= 0.3 is 5.97 Å². The SMILES string of the molecule is COC1=CC(C2c3cc4c(cc3C(O[C@@H]3O[C@@H]5COC(C)O[C@H]5[C@H](O)[C@H]3O)C3COC(=O)C23)OCO4)=CC(=O)C1=O. The molecule has 1 aromatic carbocycles. The number of rotatable bonds is 4. The number of hydrogen-bond acceptors (Lipinski definition) is 13. The molecular formula is C28H28O13. The van der Waals surface area contributed by atoms with Crippen molar-refractivity contribution >= 4 is 17.5 Å². The van der Waals surface area contributed by atoms with Crippen molar-refractivity contribution < 1.29 is 62.5 Å². The smallest absolute Gasteiger partial charge is 0.310 e. The summed E-state index contributed by atoms with van der Waals surface area (Å²) in [5.41, 5.74) is 1.58. The summed E-state index contributed by atoms with van der Waals surface area (Å²) in [6.45, 7) is 1.79. The summed E-state index contributed by atoms with van der Waals surface area (Å²) in [6, 6.07) is 3.45. The van der Waals surface area contributed by atoms with Crippen LogP contribution >= 0.6 is 0 Å². The van der Waals surface area contributed by atoms with E-state index >= 15 is 0 Å². The quantitative estimate of drug-likeness (QED) is 0.285. The first-order chi connectivity index (χ1) is 19.7. The maximum Gasteiger partial charge on any atom is 0.310 e. The third-order valence-electron chi connectivity index (χ3n) is 8.51. The Morgan fingerprint density at radius 1 is 0.927 bits per heavy atom. The highest BCUT2D eigenvalue weighted by atomic mass is 16.8. The molecule has 13 heteroatoms. The summed E-state index contributed by atoms with van der Waals surface area (Å²) in [4.78, 5) is 38.2. The Morgan fingerprint density at radius 2 is 1.68 bits per heavy atom. The molecule has 6 aliphatic rings. The summed E-state index contributed by atoms with van der Waals surface area (Å²) in [5, 5.41) is 21.8. The average molecular weight is 573 g/mol. The molecule has 4 aliphatic heterocycles. The van der Waals surface area contributed by atoms with E-state index in [1.54, 1.807) is 19.1 Å². The van der Waals surface area contributed by atoms with E-state index in [1.165, 1.54) is 19.3 Å². The Balaban J connectivity index is 1.30. The van der Waals surface area contributed by atoms with Crippen LogP contribution in [0.15, 0.2) is 35.6 Å². The standard InChI is InChI=1S/C28H28O13/c1-10-35-8-19-26(39-10)23(31)24(32)28(40-19)41-25-13-6-17-16(37-9-38-17)5-12(13)20(21-14(25)7-36-27(21)33)11-3-15(29)22(30)18(4-11)34-2/h3-6,10,14,19-21,23-26,28,31-32H,7-9H2,1-2H3/t10?,14?,19-,20?,21?,23-,24-,25?,26-,28+/m1/s1. The van der Waals surface area contributed by atoms with Crippen molar-refractivity contribution in [1.29, 1.82) is 0 Å². The molecule has 2 N–H and O–H groups in total. The maximum absolute atomic E-state index is 13.3. The lowest BCUT2D eigenvalue weighted by atomic mass is 9.65. The molecule has 13 nitrogen and oxygen atoms in total. The number of hydrogen-bond donors (Lipinski definition) is 2. The molecule has 5 unspecified atom stereocenters. The molecule has 0 aromatic heterocycles. The minimum atomic E-state index is -1.47. The van der Waals surface area contributed by atoms with Gasteiger partial charge in [-0.05, 0) is 47.9 Å². The number of fused-ring (bicyclic) bond motifs is 4. The minimum absolute atomic E-state index is 0.00907. The molecular weight excluding hydrogens is 544 g/mol. The molecule has 7 rings (SSSR count). The van der Waals surface area contributed by atoms with E-state index in [0.29, 0.717) is 28.2 Å². The second kappa shape index (κ2) is 9.89. The van der Waals surface area contributed by atoms with Gasteiger partial charge in [0, 0.05) is 11.8 Å². The fourth-order valence-electron chi connectivity index (χ4n) is 6.57. The van der Waals surface area contributed by atoms with E-state index in [-0.39, 0.29) is 25.8 Å². The van der Waals surface area contributed by atoms with Gasteiger partial charge in [0.15, 0.2) is 29.8 Å². The topological polar surface area (TPSA) is 166 Å². The number of carbonyl (C=O) groups excluding carboxylic acids is 3. The number of allylic oxidation sites excluding steroid dienone is 4. The third kappa shape index (κ3) is 4.18. The zero-order chi connectivity index (χ0) is 28.6. The van der Waals surface area contributed by atoms with Crippen molar-refractivity contribution in [2.45, 2.75) is 55.9 Å². The Morgan fingerprint density at radius 3 is 2.44 bits per heavy atom. The highest BCUT2D eigenvalue weighted by molar-refractivity contribution is 6.47. The van der Waals surface area contributed by atoms with Crippen LogP contribution < -0.4 is 9.47 Å².